The number of amidine groups is 1. The van der Waals surface area contributed by atoms with Crippen LogP contribution in [0.5, 0.6) is 0 Å². The van der Waals surface area contributed by atoms with Gasteiger partial charge in [-0.15, -0.1) is 0 Å². The number of halogens is 1. The van der Waals surface area contributed by atoms with Crippen molar-refractivity contribution in [2.75, 3.05) is 6.61 Å². The molecule has 1 aromatic carbocycles. The summed E-state index contributed by atoms with van der Waals surface area (Å²) in [5.74, 6) is 0. The van der Waals surface area contributed by atoms with Crippen molar-refractivity contribution in [1.82, 2.24) is 0 Å². The molecular formula is C11H13ClN2O. The van der Waals surface area contributed by atoms with Crippen LogP contribution < -0.4 is 5.73 Å². The van der Waals surface area contributed by atoms with Crippen LogP contribution in [0.25, 0.3) is 0 Å². The van der Waals surface area contributed by atoms with Crippen LogP contribution in [-0.2, 0) is 11.2 Å². The predicted molar refractivity (Wildman–Crippen MR) is 61.1 cm³/mol. The van der Waals surface area contributed by atoms with Crippen LogP contribution in [-0.4, -0.2) is 12.6 Å². The summed E-state index contributed by atoms with van der Waals surface area (Å²) in [7, 11) is 0. The van der Waals surface area contributed by atoms with E-state index < -0.39 is 0 Å². The van der Waals surface area contributed by atoms with Crippen molar-refractivity contribution in [3.8, 4) is 0 Å². The lowest BCUT2D eigenvalue weighted by molar-refractivity contribution is 0.314. The maximum atomic E-state index is 5.94. The first kappa shape index (κ1) is 10.3. The fourth-order valence-corrected chi connectivity index (χ4v) is 1.95. The Bertz CT molecular complexity index is 404. The zero-order valence-corrected chi connectivity index (χ0v) is 9.29. The molecule has 0 saturated heterocycles. The first-order valence-corrected chi connectivity index (χ1v) is 5.33. The van der Waals surface area contributed by atoms with Crippen molar-refractivity contribution in [3.63, 3.8) is 0 Å². The second-order valence-corrected chi connectivity index (χ2v) is 3.93. The molecule has 0 aromatic heterocycles. The summed E-state index contributed by atoms with van der Waals surface area (Å²) in [6, 6.07) is 6.15. The molecule has 80 valence electrons. The Morgan fingerprint density at radius 1 is 1.60 bits per heavy atom. The van der Waals surface area contributed by atoms with E-state index in [4.69, 9.17) is 22.1 Å². The molecule has 1 aliphatic heterocycles. The third kappa shape index (κ3) is 2.07. The van der Waals surface area contributed by atoms with Gasteiger partial charge in [-0.25, -0.2) is 4.99 Å². The summed E-state index contributed by atoms with van der Waals surface area (Å²) in [6.45, 7) is 2.62. The fraction of sp³-hybridized carbons (Fsp3) is 0.364. The molecule has 1 atom stereocenters. The number of rotatable bonds is 2. The van der Waals surface area contributed by atoms with Gasteiger partial charge >= 0.3 is 0 Å². The quantitative estimate of drug-likeness (QED) is 0.838. The highest BCUT2D eigenvalue weighted by Gasteiger charge is 2.20. The molecule has 2 N–H and O–H groups in total. The van der Waals surface area contributed by atoms with Crippen molar-refractivity contribution in [1.29, 1.82) is 0 Å². The maximum Gasteiger partial charge on any atom is 0.282 e. The van der Waals surface area contributed by atoms with Gasteiger partial charge in [0.05, 0.1) is 0 Å². The van der Waals surface area contributed by atoms with Gasteiger partial charge in [0.2, 0.25) is 0 Å². The molecule has 0 bridgehead atoms. The van der Waals surface area contributed by atoms with E-state index >= 15 is 0 Å². The highest BCUT2D eigenvalue weighted by atomic mass is 35.5. The summed E-state index contributed by atoms with van der Waals surface area (Å²) < 4.78 is 5.14. The Kier molecular flexibility index (Phi) is 2.82. The lowest BCUT2D eigenvalue weighted by Crippen LogP contribution is -2.10. The predicted octanol–water partition coefficient (Wildman–Crippen LogP) is 2.29. The number of hydrogen-bond donors (Lipinski definition) is 1. The van der Waals surface area contributed by atoms with Crippen LogP contribution in [0.15, 0.2) is 23.2 Å². The minimum absolute atomic E-state index is 0.0252. The average Bonchev–Trinajstić information content (AvgIpc) is 2.64. The van der Waals surface area contributed by atoms with E-state index in [9.17, 15) is 0 Å². The Balaban J connectivity index is 2.35. The third-order valence-corrected chi connectivity index (χ3v) is 2.75. The Hall–Kier alpha value is -1.22. The maximum absolute atomic E-state index is 5.94. The summed E-state index contributed by atoms with van der Waals surface area (Å²) in [6.07, 6.45) is 0.932. The van der Waals surface area contributed by atoms with Crippen LogP contribution in [0.3, 0.4) is 0 Å². The normalized spacial score (nSPS) is 19.9. The van der Waals surface area contributed by atoms with Gasteiger partial charge in [0.25, 0.3) is 6.02 Å². The first-order chi connectivity index (χ1) is 7.20. The molecule has 0 saturated carbocycles. The van der Waals surface area contributed by atoms with Crippen molar-refractivity contribution in [3.05, 3.63) is 34.3 Å². The number of aryl methyl sites for hydroxylation is 1. The van der Waals surface area contributed by atoms with Gasteiger partial charge in [-0.3, -0.25) is 0 Å². The average molecular weight is 225 g/mol. The number of aliphatic imine (C=N–C) groups is 1. The molecule has 3 nitrogen and oxygen atoms in total. The molecule has 0 unspecified atom stereocenters. The molecule has 4 heteroatoms. The highest BCUT2D eigenvalue weighted by Crippen LogP contribution is 2.27. The summed E-state index contributed by atoms with van der Waals surface area (Å²) in [4.78, 5) is 4.23. The molecule has 0 spiro atoms. The number of hydrogen-bond acceptors (Lipinski definition) is 3. The second kappa shape index (κ2) is 4.11. The zero-order chi connectivity index (χ0) is 10.8. The molecule has 0 radical (unpaired) electrons. The van der Waals surface area contributed by atoms with E-state index in [1.165, 1.54) is 5.56 Å². The molecular weight excluding hydrogens is 212 g/mol. The Labute approximate surface area is 93.9 Å². The fourth-order valence-electron chi connectivity index (χ4n) is 1.76. The number of nitrogens with zero attached hydrogens (tertiary/aromatic N) is 1. The minimum atomic E-state index is 0.0252. The lowest BCUT2D eigenvalue weighted by Gasteiger charge is -2.11. The zero-order valence-electron chi connectivity index (χ0n) is 8.53. The molecule has 15 heavy (non-hydrogen) atoms. The lowest BCUT2D eigenvalue weighted by atomic mass is 10.00. The van der Waals surface area contributed by atoms with Gasteiger partial charge in [0, 0.05) is 5.02 Å². The summed E-state index contributed by atoms with van der Waals surface area (Å²) in [5.41, 5.74) is 7.84. The highest BCUT2D eigenvalue weighted by molar-refractivity contribution is 6.30. The van der Waals surface area contributed by atoms with Crippen LogP contribution in [0.2, 0.25) is 5.02 Å². The van der Waals surface area contributed by atoms with Gasteiger partial charge in [-0.05, 0) is 29.7 Å². The Morgan fingerprint density at radius 2 is 2.40 bits per heavy atom. The topological polar surface area (TPSA) is 47.6 Å². The van der Waals surface area contributed by atoms with Gasteiger partial charge < -0.3 is 10.5 Å². The van der Waals surface area contributed by atoms with Crippen LogP contribution in [0.4, 0.5) is 0 Å². The number of nitrogens with two attached hydrogens (primary N) is 1. The van der Waals surface area contributed by atoms with Gasteiger partial charge in [-0.2, -0.15) is 0 Å². The third-order valence-electron chi connectivity index (χ3n) is 2.52. The molecule has 0 amide bonds. The Morgan fingerprint density at radius 3 is 3.00 bits per heavy atom. The van der Waals surface area contributed by atoms with E-state index in [1.54, 1.807) is 0 Å². The standard InChI is InChI=1S/C11H13ClN2O/c1-2-7-5-8(12)3-4-9(7)10-6-15-11(13)14-10/h3-5,10H,2,6H2,1H3,(H2,13,14)/t10-/m0/s1. The molecule has 1 aromatic rings. The van der Waals surface area contributed by atoms with Gasteiger partial charge in [-0.1, -0.05) is 24.6 Å². The molecule has 1 heterocycles. The van der Waals surface area contributed by atoms with E-state index in [0.29, 0.717) is 6.61 Å². The van der Waals surface area contributed by atoms with Crippen LogP contribution in [0, 0.1) is 0 Å². The van der Waals surface area contributed by atoms with E-state index in [-0.39, 0.29) is 12.1 Å². The first-order valence-electron chi connectivity index (χ1n) is 4.95. The number of benzene rings is 1. The molecule has 0 aliphatic carbocycles. The molecule has 2 rings (SSSR count). The van der Waals surface area contributed by atoms with Crippen molar-refractivity contribution in [2.24, 2.45) is 10.7 Å². The summed E-state index contributed by atoms with van der Waals surface area (Å²) >= 11 is 5.94. The van der Waals surface area contributed by atoms with E-state index in [0.717, 1.165) is 17.0 Å². The minimum Gasteiger partial charge on any atom is -0.463 e. The monoisotopic (exact) mass is 224 g/mol. The molecule has 0 fully saturated rings. The largest absolute Gasteiger partial charge is 0.463 e. The SMILES string of the molecule is CCc1cc(Cl)ccc1[C@@H]1COC(N)=N1. The van der Waals surface area contributed by atoms with Crippen molar-refractivity contribution in [2.45, 2.75) is 19.4 Å². The number of ether oxygens (including phenoxy) is 1. The van der Waals surface area contributed by atoms with Crippen LogP contribution in [0.1, 0.15) is 24.1 Å². The molecule has 1 aliphatic rings. The van der Waals surface area contributed by atoms with E-state index in [1.807, 2.05) is 18.2 Å². The second-order valence-electron chi connectivity index (χ2n) is 3.49. The van der Waals surface area contributed by atoms with Crippen molar-refractivity contribution < 1.29 is 4.74 Å². The summed E-state index contributed by atoms with van der Waals surface area (Å²) in [5, 5.41) is 0.756. The van der Waals surface area contributed by atoms with Gasteiger partial charge in [0.1, 0.15) is 12.6 Å². The van der Waals surface area contributed by atoms with Crippen molar-refractivity contribution >= 4 is 17.6 Å². The smallest absolute Gasteiger partial charge is 0.282 e. The van der Waals surface area contributed by atoms with Crippen LogP contribution >= 0.6 is 11.6 Å². The van der Waals surface area contributed by atoms with E-state index in [2.05, 4.69) is 11.9 Å². The van der Waals surface area contributed by atoms with Gasteiger partial charge in [0.15, 0.2) is 0 Å².